The zero-order chi connectivity index (χ0) is 30.3. The van der Waals surface area contributed by atoms with Crippen molar-refractivity contribution in [2.45, 2.75) is 76.7 Å². The number of allylic oxidation sites excluding steroid dienone is 11. The van der Waals surface area contributed by atoms with Gasteiger partial charge in [-0.05, 0) is 116 Å². The van der Waals surface area contributed by atoms with Gasteiger partial charge >= 0.3 is 0 Å². The molecule has 1 aliphatic heterocycles. The van der Waals surface area contributed by atoms with Crippen molar-refractivity contribution in [2.75, 3.05) is 13.2 Å². The van der Waals surface area contributed by atoms with Crippen molar-refractivity contribution in [2.24, 2.45) is 5.41 Å². The number of dihydropyridines is 1. The summed E-state index contributed by atoms with van der Waals surface area (Å²) >= 11 is 0. The fourth-order valence-corrected chi connectivity index (χ4v) is 8.86. The van der Waals surface area contributed by atoms with E-state index in [9.17, 15) is 10.2 Å². The molecule has 2 aromatic rings. The summed E-state index contributed by atoms with van der Waals surface area (Å²) in [6.45, 7) is 4.65. The lowest BCUT2D eigenvalue weighted by Crippen LogP contribution is -2.34. The Balaban J connectivity index is 1.39. The second-order valence-corrected chi connectivity index (χ2v) is 12.9. The summed E-state index contributed by atoms with van der Waals surface area (Å²) in [5.41, 5.74) is 12.3. The van der Waals surface area contributed by atoms with Crippen LogP contribution < -0.4 is 5.32 Å². The molecule has 4 aliphatic carbocycles. The first kappa shape index (κ1) is 29.0. The van der Waals surface area contributed by atoms with Gasteiger partial charge in [-0.1, -0.05) is 72.9 Å². The van der Waals surface area contributed by atoms with Crippen molar-refractivity contribution in [3.8, 4) is 0 Å². The molecular formula is C40H44N2O2. The molecule has 0 bridgehead atoms. The summed E-state index contributed by atoms with van der Waals surface area (Å²) in [5, 5.41) is 25.5. The molecule has 226 valence electrons. The molecular weight excluding hydrogens is 540 g/mol. The van der Waals surface area contributed by atoms with Crippen molar-refractivity contribution < 1.29 is 10.2 Å². The maximum absolute atomic E-state index is 10.2. The molecule has 0 spiro atoms. The van der Waals surface area contributed by atoms with Gasteiger partial charge in [-0.3, -0.25) is 0 Å². The molecule has 44 heavy (non-hydrogen) atoms. The number of rotatable bonds is 9. The van der Waals surface area contributed by atoms with Crippen LogP contribution in [-0.2, 0) is 5.41 Å². The highest BCUT2D eigenvalue weighted by Crippen LogP contribution is 2.62. The molecule has 0 amide bonds. The maximum Gasteiger partial charge on any atom is 0.0750 e. The molecule has 0 saturated heterocycles. The summed E-state index contributed by atoms with van der Waals surface area (Å²) in [7, 11) is 0. The van der Waals surface area contributed by atoms with Gasteiger partial charge in [0.2, 0.25) is 0 Å². The molecule has 3 atom stereocenters. The van der Waals surface area contributed by atoms with Crippen molar-refractivity contribution in [3.63, 3.8) is 0 Å². The Labute approximate surface area is 261 Å². The van der Waals surface area contributed by atoms with E-state index in [1.54, 1.807) is 0 Å². The van der Waals surface area contributed by atoms with Crippen LogP contribution in [0.25, 0.3) is 16.5 Å². The average molecular weight is 585 g/mol. The summed E-state index contributed by atoms with van der Waals surface area (Å²) in [4.78, 5) is 5.26. The third-order valence-corrected chi connectivity index (χ3v) is 10.8. The molecule has 0 fully saturated rings. The van der Waals surface area contributed by atoms with Gasteiger partial charge in [0, 0.05) is 35.1 Å². The maximum atomic E-state index is 10.2. The van der Waals surface area contributed by atoms with E-state index in [-0.39, 0.29) is 30.1 Å². The van der Waals surface area contributed by atoms with Gasteiger partial charge in [0.05, 0.1) is 17.3 Å². The molecule has 5 aliphatic rings. The second-order valence-electron chi connectivity index (χ2n) is 12.9. The molecule has 1 aromatic heterocycles. The highest BCUT2D eigenvalue weighted by atomic mass is 16.3. The Morgan fingerprint density at radius 3 is 2.50 bits per heavy atom. The Morgan fingerprint density at radius 1 is 0.932 bits per heavy atom. The van der Waals surface area contributed by atoms with Crippen LogP contribution in [-0.4, -0.2) is 34.5 Å². The predicted molar refractivity (Wildman–Crippen MR) is 181 cm³/mol. The van der Waals surface area contributed by atoms with Crippen LogP contribution in [0.2, 0.25) is 0 Å². The molecule has 0 radical (unpaired) electrons. The van der Waals surface area contributed by atoms with E-state index in [1.807, 2.05) is 0 Å². The Kier molecular flexibility index (Phi) is 7.68. The first-order chi connectivity index (χ1) is 21.6. The highest BCUT2D eigenvalue weighted by Gasteiger charge is 2.52. The number of fused-ring (bicyclic) bond motifs is 5. The van der Waals surface area contributed by atoms with E-state index < -0.39 is 0 Å². The first-order valence-corrected chi connectivity index (χ1v) is 16.6. The number of pyridine rings is 1. The van der Waals surface area contributed by atoms with E-state index in [0.717, 1.165) is 68.0 Å². The third kappa shape index (κ3) is 4.37. The number of para-hydroxylation sites is 1. The van der Waals surface area contributed by atoms with E-state index in [2.05, 4.69) is 104 Å². The Hall–Kier alpha value is -3.73. The van der Waals surface area contributed by atoms with E-state index in [1.165, 1.54) is 44.7 Å². The highest BCUT2D eigenvalue weighted by molar-refractivity contribution is 5.93. The fourth-order valence-electron chi connectivity index (χ4n) is 8.86. The zero-order valence-electron chi connectivity index (χ0n) is 26.1. The Morgan fingerprint density at radius 2 is 1.70 bits per heavy atom. The van der Waals surface area contributed by atoms with E-state index >= 15 is 0 Å². The van der Waals surface area contributed by atoms with Crippen LogP contribution in [0.3, 0.4) is 0 Å². The summed E-state index contributed by atoms with van der Waals surface area (Å²) in [6, 6.07) is 11.0. The van der Waals surface area contributed by atoms with Crippen molar-refractivity contribution in [1.82, 2.24) is 10.3 Å². The standard InChI is InChI=1S/C40H44N2O2/c1-3-29-31(4-2)39(19-11-23-43,33-25-27-13-5-9-17-35(27)41-37(29)33)21-22-40(20-12-24-44)32-16-8-7-15-30(32)38-34(40)26-28-14-6-10-18-36(28)42-38/h3-6,9-10,13-18,25-26,36,42-44H,7-8,11-12,19-24H2,1-2H3/b29-3+,31-4?/t36?,39-,40?/m0/s1. The molecule has 0 saturated carbocycles. The number of nitrogens with one attached hydrogen (secondary N) is 1. The van der Waals surface area contributed by atoms with Crippen LogP contribution in [0.5, 0.6) is 0 Å². The number of hydrogen-bond acceptors (Lipinski definition) is 4. The summed E-state index contributed by atoms with van der Waals surface area (Å²) < 4.78 is 0. The second kappa shape index (κ2) is 11.6. The number of aliphatic hydroxyl groups is 2. The Bertz CT molecular complexity index is 1750. The fraction of sp³-hybridized carbons (Fsp3) is 0.375. The normalized spacial score (nSPS) is 28.5. The SMILES string of the molecule is CC=C1/C(=C\C)c2nc3ccccc3cc2[C@@]1(CCCO)CCC1(CCCO)C2=CCCC=C2C2=C1C=C1C=CC=CC1N2. The minimum Gasteiger partial charge on any atom is -0.396 e. The van der Waals surface area contributed by atoms with Crippen LogP contribution in [0.4, 0.5) is 0 Å². The number of aromatic nitrogens is 1. The van der Waals surface area contributed by atoms with Gasteiger partial charge in [0.15, 0.2) is 0 Å². The quantitative estimate of drug-likeness (QED) is 0.279. The number of aliphatic hydroxyl groups excluding tert-OH is 2. The molecule has 4 nitrogen and oxygen atoms in total. The van der Waals surface area contributed by atoms with Crippen molar-refractivity contribution in [1.29, 1.82) is 0 Å². The van der Waals surface area contributed by atoms with Crippen LogP contribution >= 0.6 is 0 Å². The van der Waals surface area contributed by atoms with Crippen LogP contribution in [0.1, 0.15) is 76.5 Å². The molecule has 4 heteroatoms. The predicted octanol–water partition coefficient (Wildman–Crippen LogP) is 8.09. The number of hydrogen-bond donors (Lipinski definition) is 3. The molecule has 1 aromatic carbocycles. The summed E-state index contributed by atoms with van der Waals surface area (Å²) in [5.74, 6) is 0. The largest absolute Gasteiger partial charge is 0.396 e. The van der Waals surface area contributed by atoms with E-state index in [0.29, 0.717) is 0 Å². The van der Waals surface area contributed by atoms with Gasteiger partial charge in [-0.2, -0.15) is 0 Å². The van der Waals surface area contributed by atoms with E-state index in [4.69, 9.17) is 4.98 Å². The minimum atomic E-state index is -0.258. The topological polar surface area (TPSA) is 65.4 Å². The van der Waals surface area contributed by atoms with Crippen LogP contribution in [0, 0.1) is 5.41 Å². The van der Waals surface area contributed by atoms with Crippen molar-refractivity contribution in [3.05, 3.63) is 130 Å². The average Bonchev–Trinajstić information content (AvgIpc) is 3.49. The molecule has 3 N–H and O–H groups in total. The molecule has 2 heterocycles. The number of nitrogens with zero attached hydrogens (tertiary/aromatic N) is 1. The monoisotopic (exact) mass is 584 g/mol. The lowest BCUT2D eigenvalue weighted by atomic mass is 9.63. The van der Waals surface area contributed by atoms with Gasteiger partial charge in [-0.25, -0.2) is 4.98 Å². The molecule has 7 rings (SSSR count). The zero-order valence-corrected chi connectivity index (χ0v) is 26.1. The third-order valence-electron chi connectivity index (χ3n) is 10.8. The van der Waals surface area contributed by atoms with Gasteiger partial charge in [-0.15, -0.1) is 0 Å². The lowest BCUT2D eigenvalue weighted by Gasteiger charge is -2.40. The molecule has 2 unspecified atom stereocenters. The van der Waals surface area contributed by atoms with Gasteiger partial charge < -0.3 is 15.5 Å². The van der Waals surface area contributed by atoms with Gasteiger partial charge in [0.1, 0.15) is 0 Å². The lowest BCUT2D eigenvalue weighted by molar-refractivity contribution is 0.237. The van der Waals surface area contributed by atoms with Crippen LogP contribution in [0.15, 0.2) is 119 Å². The van der Waals surface area contributed by atoms with Gasteiger partial charge in [0.25, 0.3) is 0 Å². The first-order valence-electron chi connectivity index (χ1n) is 16.6. The minimum absolute atomic E-state index is 0.167. The summed E-state index contributed by atoms with van der Waals surface area (Å²) in [6.07, 6.45) is 28.0. The number of benzene rings is 1. The smallest absolute Gasteiger partial charge is 0.0750 e. The van der Waals surface area contributed by atoms with Crippen molar-refractivity contribution >= 4 is 16.5 Å².